The van der Waals surface area contributed by atoms with Crippen molar-refractivity contribution in [1.82, 2.24) is 4.98 Å². The molecule has 1 aliphatic rings. The van der Waals surface area contributed by atoms with E-state index in [0.717, 1.165) is 31.4 Å². The molecule has 5 nitrogen and oxygen atoms in total. The molecule has 0 aliphatic carbocycles. The van der Waals surface area contributed by atoms with E-state index in [4.69, 9.17) is 10.5 Å². The molecule has 3 N–H and O–H groups in total. The maximum absolute atomic E-state index is 11.7. The highest BCUT2D eigenvalue weighted by Crippen LogP contribution is 2.17. The van der Waals surface area contributed by atoms with Gasteiger partial charge in [-0.2, -0.15) is 0 Å². The summed E-state index contributed by atoms with van der Waals surface area (Å²) in [6.07, 6.45) is 5.22. The van der Waals surface area contributed by atoms with Crippen LogP contribution in [0.2, 0.25) is 0 Å². The Hall–Kier alpha value is -1.62. The number of aryl methyl sites for hydroxylation is 1. The van der Waals surface area contributed by atoms with Crippen molar-refractivity contribution in [1.29, 1.82) is 0 Å². The second kappa shape index (κ2) is 5.82. The quantitative estimate of drug-likeness (QED) is 0.854. The number of carbonyl (C=O) groups is 1. The molecular formula is C13H19N3O2. The highest BCUT2D eigenvalue weighted by atomic mass is 16.5. The molecule has 0 saturated carbocycles. The second-order valence-electron chi connectivity index (χ2n) is 4.65. The molecule has 1 unspecified atom stereocenters. The maximum Gasteiger partial charge on any atom is 0.225 e. The number of pyridine rings is 1. The van der Waals surface area contributed by atoms with Crippen LogP contribution >= 0.6 is 0 Å². The van der Waals surface area contributed by atoms with Gasteiger partial charge in [-0.15, -0.1) is 0 Å². The first-order valence-corrected chi connectivity index (χ1v) is 6.29. The third-order valence-corrected chi connectivity index (χ3v) is 3.14. The number of nitrogens with zero attached hydrogens (tertiary/aromatic N) is 1. The van der Waals surface area contributed by atoms with Crippen molar-refractivity contribution in [3.8, 4) is 0 Å². The molecule has 1 fully saturated rings. The highest BCUT2D eigenvalue weighted by molar-refractivity contribution is 5.89. The van der Waals surface area contributed by atoms with Crippen LogP contribution in [0.15, 0.2) is 12.3 Å². The molecular weight excluding hydrogens is 230 g/mol. The summed E-state index contributed by atoms with van der Waals surface area (Å²) in [4.78, 5) is 15.8. The third-order valence-electron chi connectivity index (χ3n) is 3.14. The first-order chi connectivity index (χ1) is 8.65. The molecule has 18 heavy (non-hydrogen) atoms. The molecule has 2 rings (SSSR count). The van der Waals surface area contributed by atoms with E-state index in [2.05, 4.69) is 10.3 Å². The average molecular weight is 249 g/mol. The lowest BCUT2D eigenvalue weighted by molar-refractivity contribution is -0.116. The molecule has 5 heteroatoms. The van der Waals surface area contributed by atoms with Crippen LogP contribution in [0.5, 0.6) is 0 Å². The number of hydrogen-bond acceptors (Lipinski definition) is 4. The molecule has 2 heterocycles. The van der Waals surface area contributed by atoms with Crippen LogP contribution in [0, 0.1) is 6.92 Å². The number of carbonyl (C=O) groups excluding carboxylic acids is 1. The van der Waals surface area contributed by atoms with Crippen LogP contribution in [-0.2, 0) is 9.53 Å². The maximum atomic E-state index is 11.7. The molecule has 1 saturated heterocycles. The van der Waals surface area contributed by atoms with Crippen molar-refractivity contribution < 1.29 is 9.53 Å². The Balaban J connectivity index is 1.80. The van der Waals surface area contributed by atoms with Crippen LogP contribution in [0.3, 0.4) is 0 Å². The predicted octanol–water partition coefficient (Wildman–Crippen LogP) is 1.87. The van der Waals surface area contributed by atoms with E-state index in [1.165, 1.54) is 0 Å². The van der Waals surface area contributed by atoms with Gasteiger partial charge in [0, 0.05) is 13.0 Å². The number of aromatic nitrogens is 1. The van der Waals surface area contributed by atoms with E-state index in [9.17, 15) is 4.79 Å². The Morgan fingerprint density at radius 3 is 3.17 bits per heavy atom. The molecule has 1 aromatic rings. The van der Waals surface area contributed by atoms with Crippen molar-refractivity contribution in [2.24, 2.45) is 0 Å². The van der Waals surface area contributed by atoms with Gasteiger partial charge in [0.1, 0.15) is 5.82 Å². The zero-order valence-electron chi connectivity index (χ0n) is 10.6. The number of rotatable bonds is 4. The van der Waals surface area contributed by atoms with Gasteiger partial charge in [-0.3, -0.25) is 4.79 Å². The zero-order valence-corrected chi connectivity index (χ0v) is 10.6. The van der Waals surface area contributed by atoms with E-state index < -0.39 is 0 Å². The largest absolute Gasteiger partial charge is 0.397 e. The van der Waals surface area contributed by atoms with Crippen LogP contribution in [0.1, 0.15) is 31.2 Å². The minimum atomic E-state index is -0.0258. The van der Waals surface area contributed by atoms with Gasteiger partial charge < -0.3 is 15.8 Å². The van der Waals surface area contributed by atoms with E-state index in [0.29, 0.717) is 17.9 Å². The summed E-state index contributed by atoms with van der Waals surface area (Å²) in [5, 5.41) is 2.77. The predicted molar refractivity (Wildman–Crippen MR) is 70.2 cm³/mol. The lowest BCUT2D eigenvalue weighted by Gasteiger charge is -2.09. The summed E-state index contributed by atoms with van der Waals surface area (Å²) in [5.41, 5.74) is 7.22. The molecule has 0 aromatic carbocycles. The van der Waals surface area contributed by atoms with Crippen molar-refractivity contribution in [2.75, 3.05) is 17.7 Å². The fourth-order valence-electron chi connectivity index (χ4n) is 2.00. The lowest BCUT2D eigenvalue weighted by atomic mass is 10.1. The minimum Gasteiger partial charge on any atom is -0.397 e. The van der Waals surface area contributed by atoms with Crippen LogP contribution in [-0.4, -0.2) is 23.6 Å². The molecule has 1 amide bonds. The Kier molecular flexibility index (Phi) is 4.15. The van der Waals surface area contributed by atoms with Gasteiger partial charge in [0.15, 0.2) is 0 Å². The topological polar surface area (TPSA) is 77.2 Å². The standard InChI is InChI=1S/C13H19N3O2/c1-9-7-12(15-8-11(9)14)16-13(17)5-4-10-3-2-6-18-10/h7-8,10H,2-6,14H2,1H3,(H,15,16,17). The summed E-state index contributed by atoms with van der Waals surface area (Å²) in [6, 6.07) is 1.78. The van der Waals surface area contributed by atoms with E-state index in [-0.39, 0.29) is 12.0 Å². The van der Waals surface area contributed by atoms with Crippen LogP contribution in [0.4, 0.5) is 11.5 Å². The number of amides is 1. The van der Waals surface area contributed by atoms with Gasteiger partial charge in [-0.05, 0) is 37.8 Å². The van der Waals surface area contributed by atoms with Crippen LogP contribution in [0.25, 0.3) is 0 Å². The lowest BCUT2D eigenvalue weighted by Crippen LogP contribution is -2.16. The van der Waals surface area contributed by atoms with Crippen molar-refractivity contribution in [3.63, 3.8) is 0 Å². The Bertz CT molecular complexity index is 428. The summed E-state index contributed by atoms with van der Waals surface area (Å²) < 4.78 is 5.48. The third kappa shape index (κ3) is 3.43. The van der Waals surface area contributed by atoms with E-state index in [1.54, 1.807) is 12.3 Å². The SMILES string of the molecule is Cc1cc(NC(=O)CCC2CCCO2)ncc1N. The van der Waals surface area contributed by atoms with Crippen molar-refractivity contribution in [3.05, 3.63) is 17.8 Å². The number of nitrogen functional groups attached to an aromatic ring is 1. The van der Waals surface area contributed by atoms with Crippen molar-refractivity contribution >= 4 is 17.4 Å². The molecule has 0 spiro atoms. The van der Waals surface area contributed by atoms with E-state index in [1.807, 2.05) is 6.92 Å². The number of hydrogen-bond donors (Lipinski definition) is 2. The van der Waals surface area contributed by atoms with Crippen LogP contribution < -0.4 is 11.1 Å². The number of nitrogens with two attached hydrogens (primary N) is 1. The number of anilines is 2. The molecule has 1 aliphatic heterocycles. The number of nitrogens with one attached hydrogen (secondary N) is 1. The average Bonchev–Trinajstić information content (AvgIpc) is 2.84. The summed E-state index contributed by atoms with van der Waals surface area (Å²) in [6.45, 7) is 2.71. The molecule has 0 bridgehead atoms. The van der Waals surface area contributed by atoms with Gasteiger partial charge in [-0.25, -0.2) is 4.98 Å². The second-order valence-corrected chi connectivity index (χ2v) is 4.65. The summed E-state index contributed by atoms with van der Waals surface area (Å²) in [5.74, 6) is 0.529. The smallest absolute Gasteiger partial charge is 0.225 e. The first kappa shape index (κ1) is 12.8. The number of ether oxygens (including phenoxy) is 1. The summed E-state index contributed by atoms with van der Waals surface area (Å²) in [7, 11) is 0. The Labute approximate surface area is 107 Å². The van der Waals surface area contributed by atoms with Gasteiger partial charge >= 0.3 is 0 Å². The van der Waals surface area contributed by atoms with Gasteiger partial charge in [0.05, 0.1) is 18.0 Å². The van der Waals surface area contributed by atoms with Gasteiger partial charge in [0.25, 0.3) is 0 Å². The molecule has 98 valence electrons. The Morgan fingerprint density at radius 2 is 2.50 bits per heavy atom. The zero-order chi connectivity index (χ0) is 13.0. The Morgan fingerprint density at radius 1 is 1.67 bits per heavy atom. The fraction of sp³-hybridized carbons (Fsp3) is 0.538. The monoisotopic (exact) mass is 249 g/mol. The molecule has 1 atom stereocenters. The fourth-order valence-corrected chi connectivity index (χ4v) is 2.00. The normalized spacial score (nSPS) is 18.8. The first-order valence-electron chi connectivity index (χ1n) is 6.29. The van der Waals surface area contributed by atoms with E-state index >= 15 is 0 Å². The molecule has 0 radical (unpaired) electrons. The summed E-state index contributed by atoms with van der Waals surface area (Å²) >= 11 is 0. The highest BCUT2D eigenvalue weighted by Gasteiger charge is 2.16. The molecule has 1 aromatic heterocycles. The van der Waals surface area contributed by atoms with Gasteiger partial charge in [-0.1, -0.05) is 0 Å². The van der Waals surface area contributed by atoms with Gasteiger partial charge in [0.2, 0.25) is 5.91 Å². The minimum absolute atomic E-state index is 0.0258. The van der Waals surface area contributed by atoms with Crippen molar-refractivity contribution in [2.45, 2.75) is 38.7 Å².